The zero-order valence-electron chi connectivity index (χ0n) is 23.3. The van der Waals surface area contributed by atoms with Gasteiger partial charge in [-0.25, -0.2) is 5.43 Å². The fraction of sp³-hybridized carbons (Fsp3) is 0.576. The third-order valence-electron chi connectivity index (χ3n) is 10.6. The van der Waals surface area contributed by atoms with Crippen LogP contribution in [0.4, 0.5) is 8.78 Å². The average molecular weight is 549 g/mol. The van der Waals surface area contributed by atoms with Crippen molar-refractivity contribution in [3.8, 4) is 12.3 Å². The number of terminal acetylenes is 1. The van der Waals surface area contributed by atoms with Crippen molar-refractivity contribution in [2.24, 2.45) is 22.4 Å². The third-order valence-corrected chi connectivity index (χ3v) is 10.6. The molecule has 5 aliphatic carbocycles. The molecule has 1 unspecified atom stereocenters. The number of aliphatic hydroxyl groups is 1. The highest BCUT2D eigenvalue weighted by Crippen LogP contribution is 2.69. The van der Waals surface area contributed by atoms with E-state index in [2.05, 4.69) is 40.9 Å². The van der Waals surface area contributed by atoms with E-state index < -0.39 is 16.9 Å². The van der Waals surface area contributed by atoms with Gasteiger partial charge >= 0.3 is 5.92 Å². The molecule has 0 aromatic heterocycles. The summed E-state index contributed by atoms with van der Waals surface area (Å²) in [5.41, 5.74) is 6.53. The van der Waals surface area contributed by atoms with Crippen molar-refractivity contribution < 1.29 is 23.4 Å². The van der Waals surface area contributed by atoms with Crippen LogP contribution in [-0.2, 0) is 9.53 Å². The number of allylic oxidation sites excluding steroid dienone is 4. The Kier molecular flexibility index (Phi) is 6.79. The van der Waals surface area contributed by atoms with E-state index in [1.54, 1.807) is 5.92 Å². The predicted molar refractivity (Wildman–Crippen MR) is 150 cm³/mol. The second-order valence-corrected chi connectivity index (χ2v) is 12.7. The number of rotatable bonds is 6. The molecule has 0 heterocycles. The molecule has 7 heteroatoms. The Bertz CT molecular complexity index is 1340. The summed E-state index contributed by atoms with van der Waals surface area (Å²) in [6.07, 6.45) is 14.0. The van der Waals surface area contributed by atoms with Crippen molar-refractivity contribution >= 4 is 11.6 Å². The van der Waals surface area contributed by atoms with Crippen molar-refractivity contribution in [1.82, 2.24) is 5.43 Å². The fourth-order valence-corrected chi connectivity index (χ4v) is 8.41. The van der Waals surface area contributed by atoms with E-state index in [1.165, 1.54) is 42.2 Å². The number of halogens is 2. The SMILES string of the molecule is C#CC(F)(F)[C@]1(O)CC[C@H]2[C@@H]3CCC4=C/C(=N/NC(=O)COC)CCC4=C3C(c3ccc(C4CC4)cc3)C[C@@]21C. The summed E-state index contributed by atoms with van der Waals surface area (Å²) in [5, 5.41) is 16.0. The minimum absolute atomic E-state index is 0.0124. The molecule has 2 N–H and O–H groups in total. The number of carbonyl (C=O) groups excluding carboxylic acids is 1. The minimum Gasteiger partial charge on any atom is -0.382 e. The highest BCUT2D eigenvalue weighted by atomic mass is 19.3. The summed E-state index contributed by atoms with van der Waals surface area (Å²) in [6, 6.07) is 8.76. The van der Waals surface area contributed by atoms with Gasteiger partial charge in [0.15, 0.2) is 0 Å². The van der Waals surface area contributed by atoms with Gasteiger partial charge in [0.2, 0.25) is 0 Å². The van der Waals surface area contributed by atoms with Crippen LogP contribution in [0.3, 0.4) is 0 Å². The van der Waals surface area contributed by atoms with E-state index in [9.17, 15) is 9.90 Å². The minimum atomic E-state index is -3.59. The van der Waals surface area contributed by atoms with Crippen LogP contribution in [0.25, 0.3) is 0 Å². The Morgan fingerprint density at radius 3 is 2.58 bits per heavy atom. The number of amides is 1. The number of nitrogens with one attached hydrogen (secondary N) is 1. The van der Waals surface area contributed by atoms with Gasteiger partial charge in [-0.05, 0) is 110 Å². The number of alkyl halides is 2. The molecule has 1 aromatic carbocycles. The van der Waals surface area contributed by atoms with E-state index >= 15 is 8.78 Å². The van der Waals surface area contributed by atoms with Crippen LogP contribution in [0.1, 0.15) is 87.7 Å². The monoisotopic (exact) mass is 548 g/mol. The number of hydrazone groups is 1. The smallest absolute Gasteiger partial charge is 0.336 e. The van der Waals surface area contributed by atoms with Gasteiger partial charge in [-0.3, -0.25) is 4.79 Å². The normalized spacial score (nSPS) is 34.5. The quantitative estimate of drug-likeness (QED) is 0.338. The Morgan fingerprint density at radius 2 is 1.90 bits per heavy atom. The maximum absolute atomic E-state index is 15.3. The van der Waals surface area contributed by atoms with E-state index in [4.69, 9.17) is 11.2 Å². The van der Waals surface area contributed by atoms with Crippen molar-refractivity contribution in [2.75, 3.05) is 13.7 Å². The van der Waals surface area contributed by atoms with Gasteiger partial charge in [0.05, 0.1) is 5.71 Å². The second kappa shape index (κ2) is 9.92. The Hall–Kier alpha value is -2.82. The first-order valence-corrected chi connectivity index (χ1v) is 14.6. The number of hydrogen-bond acceptors (Lipinski definition) is 4. The number of carbonyl (C=O) groups is 1. The molecule has 6 rings (SSSR count). The number of hydrogen-bond donors (Lipinski definition) is 2. The molecule has 0 bridgehead atoms. The molecule has 1 amide bonds. The number of fused-ring (bicyclic) bond motifs is 4. The van der Waals surface area contributed by atoms with Crippen molar-refractivity contribution in [1.29, 1.82) is 0 Å². The molecule has 5 atom stereocenters. The molecule has 40 heavy (non-hydrogen) atoms. The standard InChI is InChI=1S/C33H38F2N2O3/c1-4-33(34,35)32(39)16-15-28-26-13-11-23-17-24(36-37-29(38)19-40-3)12-14-25(23)30(26)27(18-31(28,32)2)22-9-7-21(8-10-22)20-5-6-20/h1,7-10,17,20,26-28,39H,5-6,11-16,18-19H2,2-3H3,(H,37,38)/b36-24+/t26-,27?,28-,31-,32-/m0/s1. The van der Waals surface area contributed by atoms with Crippen LogP contribution in [0.2, 0.25) is 0 Å². The maximum atomic E-state index is 15.3. The molecule has 212 valence electrons. The van der Waals surface area contributed by atoms with E-state index in [0.717, 1.165) is 30.5 Å². The van der Waals surface area contributed by atoms with Gasteiger partial charge in [0.1, 0.15) is 12.2 Å². The molecule has 3 saturated carbocycles. The van der Waals surface area contributed by atoms with Crippen molar-refractivity contribution in [3.05, 3.63) is 58.2 Å². The summed E-state index contributed by atoms with van der Waals surface area (Å²) >= 11 is 0. The van der Waals surface area contributed by atoms with Crippen molar-refractivity contribution in [2.45, 2.75) is 88.1 Å². The lowest BCUT2D eigenvalue weighted by Gasteiger charge is -2.55. The summed E-state index contributed by atoms with van der Waals surface area (Å²) < 4.78 is 35.5. The number of benzene rings is 1. The van der Waals surface area contributed by atoms with E-state index in [0.29, 0.717) is 25.2 Å². The highest BCUT2D eigenvalue weighted by molar-refractivity contribution is 5.98. The molecule has 5 aliphatic rings. The fourth-order valence-electron chi connectivity index (χ4n) is 8.41. The van der Waals surface area contributed by atoms with Gasteiger partial charge in [-0.1, -0.05) is 36.8 Å². The van der Waals surface area contributed by atoms with Gasteiger partial charge in [0.25, 0.3) is 5.91 Å². The molecule has 0 radical (unpaired) electrons. The summed E-state index contributed by atoms with van der Waals surface area (Å²) in [5.74, 6) is -1.62. The zero-order valence-corrected chi connectivity index (χ0v) is 23.3. The largest absolute Gasteiger partial charge is 0.382 e. The lowest BCUT2D eigenvalue weighted by atomic mass is 9.50. The number of ether oxygens (including phenoxy) is 1. The Labute approximate surface area is 235 Å². The molecular weight excluding hydrogens is 510 g/mol. The first kappa shape index (κ1) is 27.4. The highest BCUT2D eigenvalue weighted by Gasteiger charge is 2.71. The van der Waals surface area contributed by atoms with Crippen LogP contribution in [-0.4, -0.2) is 42.0 Å². The lowest BCUT2D eigenvalue weighted by molar-refractivity contribution is -0.209. The molecular formula is C33H38F2N2O3. The molecule has 1 aromatic rings. The van der Waals surface area contributed by atoms with Crippen LogP contribution < -0.4 is 5.43 Å². The van der Waals surface area contributed by atoms with Crippen LogP contribution >= 0.6 is 0 Å². The van der Waals surface area contributed by atoms with Crippen LogP contribution in [0, 0.1) is 29.6 Å². The summed E-state index contributed by atoms with van der Waals surface area (Å²) in [7, 11) is 1.47. The van der Waals surface area contributed by atoms with Gasteiger partial charge in [-0.15, -0.1) is 6.42 Å². The lowest BCUT2D eigenvalue weighted by Crippen LogP contribution is -2.60. The van der Waals surface area contributed by atoms with E-state index in [1.807, 2.05) is 6.92 Å². The Morgan fingerprint density at radius 1 is 1.18 bits per heavy atom. The first-order valence-electron chi connectivity index (χ1n) is 14.6. The molecule has 5 nitrogen and oxygen atoms in total. The third kappa shape index (κ3) is 4.26. The summed E-state index contributed by atoms with van der Waals surface area (Å²) in [6.45, 7) is 1.82. The topological polar surface area (TPSA) is 70.9 Å². The van der Waals surface area contributed by atoms with Gasteiger partial charge in [0, 0.05) is 18.4 Å². The maximum Gasteiger partial charge on any atom is 0.336 e. The van der Waals surface area contributed by atoms with Crippen molar-refractivity contribution in [3.63, 3.8) is 0 Å². The van der Waals surface area contributed by atoms with Crippen LogP contribution in [0.5, 0.6) is 0 Å². The molecule has 0 spiro atoms. The number of methoxy groups -OCH3 is 1. The van der Waals surface area contributed by atoms with Gasteiger partial charge < -0.3 is 9.84 Å². The molecule has 0 saturated heterocycles. The Balaban J connectivity index is 1.42. The van der Waals surface area contributed by atoms with Gasteiger partial charge in [-0.2, -0.15) is 13.9 Å². The number of nitrogens with zero attached hydrogens (tertiary/aromatic N) is 1. The summed E-state index contributed by atoms with van der Waals surface area (Å²) in [4.78, 5) is 11.8. The predicted octanol–water partition coefficient (Wildman–Crippen LogP) is 6.01. The van der Waals surface area contributed by atoms with E-state index in [-0.39, 0.29) is 36.7 Å². The molecule has 0 aliphatic heterocycles. The molecule has 3 fully saturated rings. The first-order chi connectivity index (χ1) is 19.1. The zero-order chi connectivity index (χ0) is 28.3. The average Bonchev–Trinajstić information content (AvgIpc) is 3.76. The van der Waals surface area contributed by atoms with Crippen LogP contribution in [0.15, 0.2) is 52.2 Å². The second-order valence-electron chi connectivity index (χ2n) is 12.7.